The molecular weight excluding hydrogens is 714 g/mol. The molecule has 2 saturated heterocycles. The van der Waals surface area contributed by atoms with E-state index in [-0.39, 0.29) is 53.8 Å². The summed E-state index contributed by atoms with van der Waals surface area (Å²) in [5, 5.41) is 34.0. The molecule has 5 aromatic rings. The Balaban J connectivity index is 0.870. The van der Waals surface area contributed by atoms with Gasteiger partial charge in [-0.1, -0.05) is 60.7 Å². The predicted octanol–water partition coefficient (Wildman–Crippen LogP) is 4.31. The zero-order valence-electron chi connectivity index (χ0n) is 30.9. The highest BCUT2D eigenvalue weighted by atomic mass is 16.6. The fraction of sp³-hybridized carbons (Fsp3) is 0.326. The van der Waals surface area contributed by atoms with Crippen LogP contribution in [-0.2, 0) is 16.1 Å². The lowest BCUT2D eigenvalue weighted by atomic mass is 9.86. The minimum atomic E-state index is -0.857. The molecule has 3 unspecified atom stereocenters. The molecule has 0 radical (unpaired) electrons. The van der Waals surface area contributed by atoms with Crippen LogP contribution >= 0.6 is 0 Å². The van der Waals surface area contributed by atoms with Crippen LogP contribution in [0.3, 0.4) is 0 Å². The first-order chi connectivity index (χ1) is 27.3. The molecule has 2 aliphatic heterocycles. The standard InChI is InChI=1S/C43H47N5O8/c49-36-16-14-34(35-15-17-38(51)47-40(35)36)37(50)23-44-18-5-19-46-42(52)29-12-10-27(11-13-29)24-55-33-9-4-8-30(20-33)39(28-6-2-1-3-7-28)48-43(53)56-41-31-21-45-22-32(41)26-54-25-31/h1-4,6-17,20,31-32,37,39,41,44-45,49-50H,5,18-19,21-26H2,(H,46,52)(H,47,51)(H,48,53)/t31?,32?,37-,39?,41?/m0/s1. The number of hydrogen-bond donors (Lipinski definition) is 7. The first kappa shape index (κ1) is 38.5. The molecule has 0 saturated carbocycles. The number of benzene rings is 4. The highest BCUT2D eigenvalue weighted by Crippen LogP contribution is 2.30. The number of aliphatic hydroxyl groups excluding tert-OH is 1. The molecular formula is C43H47N5O8. The third-order valence-electron chi connectivity index (χ3n) is 10.3. The Labute approximate surface area is 324 Å². The molecule has 3 heterocycles. The van der Waals surface area contributed by atoms with Gasteiger partial charge in [0, 0.05) is 55.0 Å². The van der Waals surface area contributed by atoms with E-state index in [2.05, 4.69) is 26.3 Å². The van der Waals surface area contributed by atoms with Crippen LogP contribution < -0.4 is 31.6 Å². The number of fused-ring (bicyclic) bond motifs is 3. The molecule has 7 rings (SSSR count). The third kappa shape index (κ3) is 9.55. The molecule has 4 aromatic carbocycles. The van der Waals surface area contributed by atoms with Crippen LogP contribution in [0.5, 0.6) is 11.5 Å². The van der Waals surface area contributed by atoms with Crippen LogP contribution in [0.4, 0.5) is 4.79 Å². The second kappa shape index (κ2) is 18.3. The summed E-state index contributed by atoms with van der Waals surface area (Å²) in [7, 11) is 0. The van der Waals surface area contributed by atoms with Crippen molar-refractivity contribution in [2.45, 2.75) is 31.3 Å². The maximum absolute atomic E-state index is 13.3. The van der Waals surface area contributed by atoms with Gasteiger partial charge in [0.1, 0.15) is 24.2 Å². The largest absolute Gasteiger partial charge is 0.506 e. The van der Waals surface area contributed by atoms with Crippen LogP contribution in [0.2, 0.25) is 0 Å². The normalized spacial score (nSPS) is 18.8. The lowest BCUT2D eigenvalue weighted by Gasteiger charge is -2.41. The summed E-state index contributed by atoms with van der Waals surface area (Å²) in [6.07, 6.45) is -0.876. The summed E-state index contributed by atoms with van der Waals surface area (Å²) >= 11 is 0. The number of H-pyrrole nitrogens is 1. The smallest absolute Gasteiger partial charge is 0.408 e. The van der Waals surface area contributed by atoms with Crippen molar-refractivity contribution in [2.24, 2.45) is 11.8 Å². The number of aliphatic hydroxyl groups is 1. The van der Waals surface area contributed by atoms with Gasteiger partial charge in [-0.3, -0.25) is 9.59 Å². The Hall–Kier alpha value is -5.73. The number of piperidine rings is 1. The van der Waals surface area contributed by atoms with Gasteiger partial charge in [0.2, 0.25) is 5.56 Å². The first-order valence-corrected chi connectivity index (χ1v) is 19.0. The number of phenolic OH excluding ortho intramolecular Hbond substituents is 1. The fourth-order valence-corrected chi connectivity index (χ4v) is 7.34. The number of nitrogens with one attached hydrogen (secondary N) is 5. The van der Waals surface area contributed by atoms with Gasteiger partial charge in [-0.25, -0.2) is 4.79 Å². The summed E-state index contributed by atoms with van der Waals surface area (Å²) in [4.78, 5) is 40.4. The van der Waals surface area contributed by atoms with Gasteiger partial charge in [-0.05, 0) is 71.6 Å². The zero-order valence-corrected chi connectivity index (χ0v) is 30.9. The molecule has 56 heavy (non-hydrogen) atoms. The predicted molar refractivity (Wildman–Crippen MR) is 211 cm³/mol. The van der Waals surface area contributed by atoms with E-state index in [0.29, 0.717) is 55.0 Å². The van der Waals surface area contributed by atoms with E-state index in [4.69, 9.17) is 14.2 Å². The van der Waals surface area contributed by atoms with Crippen molar-refractivity contribution in [2.75, 3.05) is 45.9 Å². The average Bonchev–Trinajstić information content (AvgIpc) is 3.21. The lowest BCUT2D eigenvalue weighted by Crippen LogP contribution is -2.56. The lowest BCUT2D eigenvalue weighted by molar-refractivity contribution is -0.0974. The Bertz CT molecular complexity index is 2140. The molecule has 2 aliphatic rings. The van der Waals surface area contributed by atoms with Crippen molar-refractivity contribution in [3.05, 3.63) is 141 Å². The van der Waals surface area contributed by atoms with Crippen LogP contribution in [0.25, 0.3) is 10.9 Å². The fourth-order valence-electron chi connectivity index (χ4n) is 7.34. The molecule has 7 N–H and O–H groups in total. The third-order valence-corrected chi connectivity index (χ3v) is 10.3. The van der Waals surface area contributed by atoms with E-state index >= 15 is 0 Å². The Morgan fingerprint density at radius 1 is 0.875 bits per heavy atom. The van der Waals surface area contributed by atoms with Gasteiger partial charge in [0.15, 0.2) is 0 Å². The SMILES string of the molecule is O=C(NC(c1ccccc1)c1cccc(OCc2ccc(C(=O)NCCCNC[C@H](O)c3ccc(O)c4[nH]c(=O)ccc34)cc2)c1)OC1C2CNCC1COC2. The van der Waals surface area contributed by atoms with Gasteiger partial charge in [0.25, 0.3) is 5.91 Å². The van der Waals surface area contributed by atoms with Gasteiger partial charge in [-0.15, -0.1) is 0 Å². The summed E-state index contributed by atoms with van der Waals surface area (Å²) in [5.41, 5.74) is 3.72. The van der Waals surface area contributed by atoms with E-state index in [9.17, 15) is 24.6 Å². The summed E-state index contributed by atoms with van der Waals surface area (Å²) in [6.45, 7) is 4.20. The van der Waals surface area contributed by atoms with Crippen molar-refractivity contribution >= 4 is 22.9 Å². The number of aromatic amines is 1. The van der Waals surface area contributed by atoms with Crippen LogP contribution in [0.1, 0.15) is 51.2 Å². The number of phenols is 1. The number of hydrogen-bond acceptors (Lipinski definition) is 10. The minimum Gasteiger partial charge on any atom is -0.506 e. The molecule has 0 spiro atoms. The van der Waals surface area contributed by atoms with Gasteiger partial charge in [0.05, 0.1) is 30.9 Å². The minimum absolute atomic E-state index is 0.0592. The van der Waals surface area contributed by atoms with Gasteiger partial charge in [-0.2, -0.15) is 0 Å². The van der Waals surface area contributed by atoms with E-state index < -0.39 is 18.2 Å². The van der Waals surface area contributed by atoms with E-state index in [1.165, 1.54) is 12.1 Å². The Morgan fingerprint density at radius 3 is 2.43 bits per heavy atom. The molecule has 2 fully saturated rings. The van der Waals surface area contributed by atoms with Crippen molar-refractivity contribution in [3.63, 3.8) is 0 Å². The number of carbonyl (C=O) groups excluding carboxylic acids is 2. The summed E-state index contributed by atoms with van der Waals surface area (Å²) in [5.74, 6) is 0.642. The average molecular weight is 762 g/mol. The van der Waals surface area contributed by atoms with E-state index in [0.717, 1.165) is 29.8 Å². The molecule has 13 nitrogen and oxygen atoms in total. The number of aromatic nitrogens is 1. The Morgan fingerprint density at radius 2 is 1.64 bits per heavy atom. The maximum atomic E-state index is 13.3. The summed E-state index contributed by atoms with van der Waals surface area (Å²) < 4.78 is 17.9. The molecule has 292 valence electrons. The van der Waals surface area contributed by atoms with Crippen molar-refractivity contribution in [1.82, 2.24) is 26.3 Å². The highest BCUT2D eigenvalue weighted by Gasteiger charge is 2.40. The molecule has 2 amide bonds. The first-order valence-electron chi connectivity index (χ1n) is 19.0. The number of pyridine rings is 1. The van der Waals surface area contributed by atoms with Gasteiger partial charge >= 0.3 is 6.09 Å². The monoisotopic (exact) mass is 761 g/mol. The van der Waals surface area contributed by atoms with E-state index in [1.807, 2.05) is 66.7 Å². The van der Waals surface area contributed by atoms with E-state index in [1.54, 1.807) is 24.3 Å². The summed E-state index contributed by atoms with van der Waals surface area (Å²) in [6, 6.07) is 30.2. The van der Waals surface area contributed by atoms with Crippen LogP contribution in [0, 0.1) is 11.8 Å². The second-order valence-electron chi connectivity index (χ2n) is 14.2. The Kier molecular flexibility index (Phi) is 12.6. The molecule has 0 aliphatic carbocycles. The number of carbonyl (C=O) groups is 2. The molecule has 2 bridgehead atoms. The number of alkyl carbamates (subject to hydrolysis) is 1. The van der Waals surface area contributed by atoms with Crippen LogP contribution in [-0.4, -0.2) is 79.2 Å². The number of rotatable bonds is 15. The molecule has 1 aromatic heterocycles. The van der Waals surface area contributed by atoms with Crippen molar-refractivity contribution in [1.29, 1.82) is 0 Å². The quantitative estimate of drug-likeness (QED) is 0.0760. The number of amides is 2. The molecule has 4 atom stereocenters. The highest BCUT2D eigenvalue weighted by molar-refractivity contribution is 5.94. The zero-order chi connectivity index (χ0) is 38.9. The second-order valence-corrected chi connectivity index (χ2v) is 14.2. The topological polar surface area (TPSA) is 183 Å². The van der Waals surface area contributed by atoms with Crippen molar-refractivity contribution in [3.8, 4) is 11.5 Å². The number of ether oxygens (including phenoxy) is 3. The van der Waals surface area contributed by atoms with Gasteiger partial charge < -0.3 is 50.7 Å². The van der Waals surface area contributed by atoms with Crippen LogP contribution in [0.15, 0.2) is 108 Å². The number of aromatic hydroxyl groups is 1. The van der Waals surface area contributed by atoms with Crippen molar-refractivity contribution < 1.29 is 34.0 Å². The molecule has 13 heteroatoms. The maximum Gasteiger partial charge on any atom is 0.408 e.